The van der Waals surface area contributed by atoms with Crippen LogP contribution in [0.3, 0.4) is 0 Å². The van der Waals surface area contributed by atoms with Gasteiger partial charge in [-0.05, 0) is 30.0 Å². The van der Waals surface area contributed by atoms with Crippen LogP contribution in [0.4, 0.5) is 5.95 Å². The van der Waals surface area contributed by atoms with Crippen molar-refractivity contribution in [3.8, 4) is 11.6 Å². The summed E-state index contributed by atoms with van der Waals surface area (Å²) >= 11 is 6.04. The van der Waals surface area contributed by atoms with Crippen LogP contribution >= 0.6 is 11.6 Å². The minimum absolute atomic E-state index is 0.252. The molecular weight excluding hydrogens is 276 g/mol. The van der Waals surface area contributed by atoms with Crippen molar-refractivity contribution >= 4 is 17.5 Å². The van der Waals surface area contributed by atoms with Gasteiger partial charge < -0.3 is 4.74 Å². The Balaban J connectivity index is 2.36. The third kappa shape index (κ3) is 3.18. The van der Waals surface area contributed by atoms with Gasteiger partial charge in [-0.3, -0.25) is 5.43 Å². The molecule has 0 aliphatic heterocycles. The van der Waals surface area contributed by atoms with Crippen molar-refractivity contribution in [1.29, 1.82) is 0 Å². The highest BCUT2D eigenvalue weighted by molar-refractivity contribution is 6.31. The molecule has 3 N–H and O–H groups in total. The Bertz CT molecular complexity index is 616. The van der Waals surface area contributed by atoms with Crippen LogP contribution in [0.2, 0.25) is 5.02 Å². The molecule has 0 amide bonds. The Hall–Kier alpha value is -1.85. The van der Waals surface area contributed by atoms with Gasteiger partial charge in [-0.25, -0.2) is 10.8 Å². The monoisotopic (exact) mass is 292 g/mol. The number of nitrogen functional groups attached to an aromatic ring is 1. The SMILES string of the molecule is Cc1ccc(C(C)C)cc1Oc1nc(NN)ncc1Cl. The summed E-state index contributed by atoms with van der Waals surface area (Å²) in [6.07, 6.45) is 1.45. The van der Waals surface area contributed by atoms with Crippen LogP contribution in [0.5, 0.6) is 11.6 Å². The zero-order chi connectivity index (χ0) is 14.7. The fraction of sp³-hybridized carbons (Fsp3) is 0.286. The number of hydrogen-bond acceptors (Lipinski definition) is 5. The summed E-state index contributed by atoms with van der Waals surface area (Å²) in [6.45, 7) is 6.22. The molecule has 0 bridgehead atoms. The maximum absolute atomic E-state index is 6.04. The molecule has 0 spiro atoms. The highest BCUT2D eigenvalue weighted by atomic mass is 35.5. The molecular formula is C14H17ClN4O. The van der Waals surface area contributed by atoms with Gasteiger partial charge >= 0.3 is 0 Å². The van der Waals surface area contributed by atoms with Crippen LogP contribution in [0.1, 0.15) is 30.9 Å². The lowest BCUT2D eigenvalue weighted by Crippen LogP contribution is -2.10. The number of benzene rings is 1. The Labute approximate surface area is 123 Å². The van der Waals surface area contributed by atoms with Crippen LogP contribution in [0, 0.1) is 6.92 Å². The molecule has 5 nitrogen and oxygen atoms in total. The Morgan fingerprint density at radius 2 is 2.10 bits per heavy atom. The fourth-order valence-corrected chi connectivity index (χ4v) is 1.81. The van der Waals surface area contributed by atoms with Crippen LogP contribution in [0.15, 0.2) is 24.4 Å². The molecule has 0 fully saturated rings. The van der Waals surface area contributed by atoms with E-state index in [9.17, 15) is 0 Å². The lowest BCUT2D eigenvalue weighted by Gasteiger charge is -2.13. The van der Waals surface area contributed by atoms with Crippen molar-refractivity contribution in [2.24, 2.45) is 5.84 Å². The van der Waals surface area contributed by atoms with Gasteiger partial charge in [-0.2, -0.15) is 4.98 Å². The number of aryl methyl sites for hydroxylation is 1. The first kappa shape index (κ1) is 14.6. The average molecular weight is 293 g/mol. The predicted molar refractivity (Wildman–Crippen MR) is 80.2 cm³/mol. The number of hydrogen-bond donors (Lipinski definition) is 2. The Kier molecular flexibility index (Phi) is 4.42. The van der Waals surface area contributed by atoms with Gasteiger partial charge in [0.25, 0.3) is 0 Å². The van der Waals surface area contributed by atoms with Gasteiger partial charge in [0.05, 0.1) is 6.20 Å². The molecule has 6 heteroatoms. The van der Waals surface area contributed by atoms with Crippen LogP contribution < -0.4 is 16.0 Å². The lowest BCUT2D eigenvalue weighted by atomic mass is 10.0. The minimum Gasteiger partial charge on any atom is -0.437 e. The largest absolute Gasteiger partial charge is 0.437 e. The molecule has 1 aromatic heterocycles. The van der Waals surface area contributed by atoms with E-state index in [1.54, 1.807) is 0 Å². The normalized spacial score (nSPS) is 10.7. The topological polar surface area (TPSA) is 73.1 Å². The third-order valence-corrected chi connectivity index (χ3v) is 3.19. The Morgan fingerprint density at radius 1 is 1.35 bits per heavy atom. The number of anilines is 1. The maximum atomic E-state index is 6.04. The highest BCUT2D eigenvalue weighted by Crippen LogP contribution is 2.31. The number of halogens is 1. The summed E-state index contributed by atoms with van der Waals surface area (Å²) in [5, 5.41) is 0.332. The van der Waals surface area contributed by atoms with Crippen molar-refractivity contribution in [3.05, 3.63) is 40.5 Å². The summed E-state index contributed by atoms with van der Waals surface area (Å²) in [6, 6.07) is 6.09. The predicted octanol–water partition coefficient (Wildman–Crippen LogP) is 3.64. The second kappa shape index (κ2) is 6.07. The van der Waals surface area contributed by atoms with E-state index in [2.05, 4.69) is 35.3 Å². The molecule has 0 atom stereocenters. The van der Waals surface area contributed by atoms with Crippen LogP contribution in [-0.2, 0) is 0 Å². The molecule has 2 rings (SSSR count). The molecule has 1 heterocycles. The third-order valence-electron chi connectivity index (χ3n) is 2.93. The molecule has 0 aliphatic carbocycles. The van der Waals surface area contributed by atoms with E-state index in [0.29, 0.717) is 10.9 Å². The molecule has 2 aromatic rings. The van der Waals surface area contributed by atoms with Crippen LogP contribution in [0.25, 0.3) is 0 Å². The second-order valence-corrected chi connectivity index (χ2v) is 5.18. The van der Waals surface area contributed by atoms with Crippen molar-refractivity contribution in [2.45, 2.75) is 26.7 Å². The van der Waals surface area contributed by atoms with E-state index in [1.807, 2.05) is 19.1 Å². The lowest BCUT2D eigenvalue weighted by molar-refractivity contribution is 0.458. The highest BCUT2D eigenvalue weighted by Gasteiger charge is 2.11. The van der Waals surface area contributed by atoms with Crippen molar-refractivity contribution in [3.63, 3.8) is 0 Å². The van der Waals surface area contributed by atoms with Gasteiger partial charge in [-0.1, -0.05) is 37.6 Å². The quantitative estimate of drug-likeness (QED) is 0.665. The van der Waals surface area contributed by atoms with E-state index in [1.165, 1.54) is 11.8 Å². The van der Waals surface area contributed by atoms with Gasteiger partial charge in [0, 0.05) is 0 Å². The number of rotatable bonds is 4. The van der Waals surface area contributed by atoms with Crippen LogP contribution in [-0.4, -0.2) is 9.97 Å². The summed E-state index contributed by atoms with van der Waals surface area (Å²) in [5.41, 5.74) is 4.56. The van der Waals surface area contributed by atoms with E-state index < -0.39 is 0 Å². The molecule has 0 unspecified atom stereocenters. The number of hydrazine groups is 1. The summed E-state index contributed by atoms with van der Waals surface area (Å²) < 4.78 is 5.79. The van der Waals surface area contributed by atoms with Crippen molar-refractivity contribution in [2.75, 3.05) is 5.43 Å². The molecule has 0 saturated heterocycles. The fourth-order valence-electron chi connectivity index (χ4n) is 1.68. The first-order valence-corrected chi connectivity index (χ1v) is 6.66. The Morgan fingerprint density at radius 3 is 2.75 bits per heavy atom. The zero-order valence-corrected chi connectivity index (χ0v) is 12.4. The van der Waals surface area contributed by atoms with E-state index >= 15 is 0 Å². The smallest absolute Gasteiger partial charge is 0.243 e. The first-order valence-electron chi connectivity index (χ1n) is 6.29. The van der Waals surface area contributed by atoms with Gasteiger partial charge in [-0.15, -0.1) is 0 Å². The van der Waals surface area contributed by atoms with Gasteiger partial charge in [0.1, 0.15) is 10.8 Å². The number of nitrogens with one attached hydrogen (secondary N) is 1. The minimum atomic E-state index is 0.252. The zero-order valence-electron chi connectivity index (χ0n) is 11.6. The molecule has 0 aliphatic rings. The first-order chi connectivity index (χ1) is 9.51. The average Bonchev–Trinajstić information content (AvgIpc) is 2.43. The molecule has 0 saturated carbocycles. The molecule has 20 heavy (non-hydrogen) atoms. The summed E-state index contributed by atoms with van der Waals surface area (Å²) in [4.78, 5) is 8.01. The second-order valence-electron chi connectivity index (χ2n) is 4.77. The number of nitrogens with two attached hydrogens (primary N) is 1. The summed E-state index contributed by atoms with van der Waals surface area (Å²) in [7, 11) is 0. The number of nitrogens with zero attached hydrogens (tertiary/aromatic N) is 2. The molecule has 106 valence electrons. The van der Waals surface area contributed by atoms with Crippen molar-refractivity contribution in [1.82, 2.24) is 9.97 Å². The van der Waals surface area contributed by atoms with Crippen molar-refractivity contribution < 1.29 is 4.74 Å². The van der Waals surface area contributed by atoms with E-state index in [0.717, 1.165) is 11.3 Å². The molecule has 0 radical (unpaired) electrons. The van der Waals surface area contributed by atoms with E-state index in [4.69, 9.17) is 22.2 Å². The van der Waals surface area contributed by atoms with Gasteiger partial charge in [0.2, 0.25) is 11.8 Å². The van der Waals surface area contributed by atoms with E-state index in [-0.39, 0.29) is 11.8 Å². The number of ether oxygens (including phenoxy) is 1. The number of aromatic nitrogens is 2. The summed E-state index contributed by atoms with van der Waals surface area (Å²) in [5.74, 6) is 6.95. The van der Waals surface area contributed by atoms with Gasteiger partial charge in [0.15, 0.2) is 0 Å². The maximum Gasteiger partial charge on any atom is 0.243 e. The molecule has 1 aromatic carbocycles. The standard InChI is InChI=1S/C14H17ClN4O/c1-8(2)10-5-4-9(3)12(6-10)20-13-11(15)7-17-14(18-13)19-16/h4-8H,16H2,1-3H3,(H,17,18,19).